The standard InChI is InChI=1S/C19H29N3O2/c20-19(23)14-24-13-16-11-22(10-15-6-2-1-3-7-15)12-17(16)18-8-4-5-9-21-18/h4-5,8-9,15-17H,1-3,6-7,10-14H2,(H2,20,23)/t16-,17+/m0/s1. The summed E-state index contributed by atoms with van der Waals surface area (Å²) in [7, 11) is 0. The van der Waals surface area contributed by atoms with Gasteiger partial charge in [-0.25, -0.2) is 0 Å². The molecule has 1 amide bonds. The molecule has 1 aromatic rings. The first kappa shape index (κ1) is 17.4. The number of hydrogen-bond acceptors (Lipinski definition) is 4. The van der Waals surface area contributed by atoms with Crippen LogP contribution in [0.15, 0.2) is 24.4 Å². The van der Waals surface area contributed by atoms with Gasteiger partial charge in [0.1, 0.15) is 6.61 Å². The molecule has 0 radical (unpaired) electrons. The van der Waals surface area contributed by atoms with E-state index in [-0.39, 0.29) is 6.61 Å². The monoisotopic (exact) mass is 331 g/mol. The first-order chi connectivity index (χ1) is 11.7. The molecule has 132 valence electrons. The largest absolute Gasteiger partial charge is 0.371 e. The highest BCUT2D eigenvalue weighted by atomic mass is 16.5. The van der Waals surface area contributed by atoms with Gasteiger partial charge < -0.3 is 15.4 Å². The van der Waals surface area contributed by atoms with Crippen LogP contribution in [0.4, 0.5) is 0 Å². The van der Waals surface area contributed by atoms with Gasteiger partial charge in [0.05, 0.1) is 6.61 Å². The van der Waals surface area contributed by atoms with Gasteiger partial charge in [0.2, 0.25) is 5.91 Å². The summed E-state index contributed by atoms with van der Waals surface area (Å²) in [5.74, 6) is 1.19. The van der Waals surface area contributed by atoms with E-state index in [0.717, 1.165) is 24.7 Å². The molecular formula is C19H29N3O2. The summed E-state index contributed by atoms with van der Waals surface area (Å²) in [5, 5.41) is 0. The molecule has 1 saturated carbocycles. The maximum absolute atomic E-state index is 10.9. The van der Waals surface area contributed by atoms with Crippen molar-refractivity contribution in [2.45, 2.75) is 38.0 Å². The molecule has 3 rings (SSSR count). The molecule has 2 heterocycles. The Morgan fingerprint density at radius 1 is 1.25 bits per heavy atom. The Bertz CT molecular complexity index is 517. The maximum atomic E-state index is 10.9. The molecule has 0 aromatic carbocycles. The number of primary amides is 1. The SMILES string of the molecule is NC(=O)COC[C@@H]1CN(CC2CCCCC2)C[C@H]1c1ccccn1. The van der Waals surface area contributed by atoms with Crippen molar-refractivity contribution in [3.8, 4) is 0 Å². The van der Waals surface area contributed by atoms with Crippen LogP contribution in [0.3, 0.4) is 0 Å². The molecule has 0 bridgehead atoms. The van der Waals surface area contributed by atoms with E-state index in [1.165, 1.54) is 38.6 Å². The second-order valence-electron chi connectivity index (χ2n) is 7.33. The highest BCUT2D eigenvalue weighted by Gasteiger charge is 2.35. The number of amides is 1. The van der Waals surface area contributed by atoms with Crippen LogP contribution in [0, 0.1) is 11.8 Å². The Morgan fingerprint density at radius 2 is 2.08 bits per heavy atom. The lowest BCUT2D eigenvalue weighted by Gasteiger charge is -2.26. The van der Waals surface area contributed by atoms with Gasteiger partial charge in [-0.15, -0.1) is 0 Å². The average Bonchev–Trinajstić information content (AvgIpc) is 2.99. The minimum Gasteiger partial charge on any atom is -0.371 e. The number of likely N-dealkylation sites (tertiary alicyclic amines) is 1. The molecule has 1 aliphatic heterocycles. The Balaban J connectivity index is 1.61. The fraction of sp³-hybridized carbons (Fsp3) is 0.684. The fourth-order valence-corrected chi connectivity index (χ4v) is 4.25. The third kappa shape index (κ3) is 4.77. The van der Waals surface area contributed by atoms with E-state index >= 15 is 0 Å². The molecular weight excluding hydrogens is 302 g/mol. The Morgan fingerprint density at radius 3 is 2.79 bits per heavy atom. The van der Waals surface area contributed by atoms with E-state index in [1.807, 2.05) is 18.3 Å². The summed E-state index contributed by atoms with van der Waals surface area (Å²) >= 11 is 0. The quantitative estimate of drug-likeness (QED) is 0.831. The van der Waals surface area contributed by atoms with E-state index < -0.39 is 5.91 Å². The van der Waals surface area contributed by atoms with Crippen molar-refractivity contribution in [1.82, 2.24) is 9.88 Å². The first-order valence-corrected chi connectivity index (χ1v) is 9.21. The van der Waals surface area contributed by atoms with E-state index in [4.69, 9.17) is 10.5 Å². The number of carbonyl (C=O) groups excluding carboxylic acids is 1. The number of pyridine rings is 1. The number of carbonyl (C=O) groups is 1. The highest BCUT2D eigenvalue weighted by Crippen LogP contribution is 2.34. The fourth-order valence-electron chi connectivity index (χ4n) is 4.25. The summed E-state index contributed by atoms with van der Waals surface area (Å²) in [6.45, 7) is 3.84. The second-order valence-corrected chi connectivity index (χ2v) is 7.33. The molecule has 0 unspecified atom stereocenters. The third-order valence-electron chi connectivity index (χ3n) is 5.40. The van der Waals surface area contributed by atoms with Crippen molar-refractivity contribution in [3.05, 3.63) is 30.1 Å². The molecule has 2 fully saturated rings. The zero-order valence-electron chi connectivity index (χ0n) is 14.4. The summed E-state index contributed by atoms with van der Waals surface area (Å²) < 4.78 is 5.54. The number of aromatic nitrogens is 1. The molecule has 5 nitrogen and oxygen atoms in total. The van der Waals surface area contributed by atoms with Crippen LogP contribution in [0.2, 0.25) is 0 Å². The average molecular weight is 331 g/mol. The topological polar surface area (TPSA) is 68.5 Å². The molecule has 24 heavy (non-hydrogen) atoms. The molecule has 1 aromatic heterocycles. The van der Waals surface area contributed by atoms with Crippen molar-refractivity contribution in [3.63, 3.8) is 0 Å². The molecule has 0 spiro atoms. The van der Waals surface area contributed by atoms with Crippen molar-refractivity contribution < 1.29 is 9.53 Å². The van der Waals surface area contributed by atoms with Gasteiger partial charge in [-0.2, -0.15) is 0 Å². The second kappa shape index (κ2) is 8.58. The van der Waals surface area contributed by atoms with Crippen molar-refractivity contribution >= 4 is 5.91 Å². The van der Waals surface area contributed by atoms with Crippen molar-refractivity contribution in [2.24, 2.45) is 17.6 Å². The molecule has 2 aliphatic rings. The Hall–Kier alpha value is -1.46. The third-order valence-corrected chi connectivity index (χ3v) is 5.40. The van der Waals surface area contributed by atoms with Crippen LogP contribution in [-0.4, -0.2) is 48.6 Å². The van der Waals surface area contributed by atoms with Gasteiger partial charge in [0.25, 0.3) is 0 Å². The zero-order valence-corrected chi connectivity index (χ0v) is 14.4. The van der Waals surface area contributed by atoms with Crippen LogP contribution >= 0.6 is 0 Å². The summed E-state index contributed by atoms with van der Waals surface area (Å²) in [5.41, 5.74) is 6.32. The van der Waals surface area contributed by atoms with E-state index in [2.05, 4.69) is 16.0 Å². The van der Waals surface area contributed by atoms with Gasteiger partial charge >= 0.3 is 0 Å². The summed E-state index contributed by atoms with van der Waals surface area (Å²) in [6, 6.07) is 6.11. The Labute approximate surface area is 144 Å². The lowest BCUT2D eigenvalue weighted by molar-refractivity contribution is -0.122. The van der Waals surface area contributed by atoms with Gasteiger partial charge in [0.15, 0.2) is 0 Å². The predicted molar refractivity (Wildman–Crippen MR) is 93.5 cm³/mol. The summed E-state index contributed by atoms with van der Waals surface area (Å²) in [4.78, 5) is 18.1. The number of ether oxygens (including phenoxy) is 1. The van der Waals surface area contributed by atoms with Crippen LogP contribution in [0.1, 0.15) is 43.7 Å². The van der Waals surface area contributed by atoms with Gasteiger partial charge in [-0.1, -0.05) is 25.3 Å². The predicted octanol–water partition coefficient (Wildman–Crippen LogP) is 2.18. The lowest BCUT2D eigenvalue weighted by Crippen LogP contribution is -2.29. The molecule has 5 heteroatoms. The minimum atomic E-state index is -0.401. The minimum absolute atomic E-state index is 0.00800. The van der Waals surface area contributed by atoms with Crippen LogP contribution < -0.4 is 5.73 Å². The maximum Gasteiger partial charge on any atom is 0.243 e. The molecule has 2 atom stereocenters. The smallest absolute Gasteiger partial charge is 0.243 e. The van der Waals surface area contributed by atoms with Crippen LogP contribution in [-0.2, 0) is 9.53 Å². The normalized spacial score (nSPS) is 25.8. The molecule has 1 saturated heterocycles. The number of nitrogens with zero attached hydrogens (tertiary/aromatic N) is 2. The van der Waals surface area contributed by atoms with Gasteiger partial charge in [-0.3, -0.25) is 9.78 Å². The molecule has 1 aliphatic carbocycles. The number of hydrogen-bond donors (Lipinski definition) is 1. The van der Waals surface area contributed by atoms with Gasteiger partial charge in [0, 0.05) is 43.4 Å². The van der Waals surface area contributed by atoms with Crippen molar-refractivity contribution in [1.29, 1.82) is 0 Å². The van der Waals surface area contributed by atoms with Crippen LogP contribution in [0.5, 0.6) is 0 Å². The Kier molecular flexibility index (Phi) is 6.21. The van der Waals surface area contributed by atoms with Gasteiger partial charge in [-0.05, 0) is 30.9 Å². The molecule has 2 N–H and O–H groups in total. The van der Waals surface area contributed by atoms with Crippen molar-refractivity contribution in [2.75, 3.05) is 32.8 Å². The first-order valence-electron chi connectivity index (χ1n) is 9.21. The zero-order chi connectivity index (χ0) is 16.8. The number of rotatable bonds is 7. The van der Waals surface area contributed by atoms with E-state index in [9.17, 15) is 4.79 Å². The van der Waals surface area contributed by atoms with E-state index in [1.54, 1.807) is 0 Å². The van der Waals surface area contributed by atoms with Crippen LogP contribution in [0.25, 0.3) is 0 Å². The number of nitrogens with two attached hydrogens (primary N) is 1. The highest BCUT2D eigenvalue weighted by molar-refractivity contribution is 5.74. The van der Waals surface area contributed by atoms with E-state index in [0.29, 0.717) is 18.4 Å². The summed E-state index contributed by atoms with van der Waals surface area (Å²) in [6.07, 6.45) is 8.76. The lowest BCUT2D eigenvalue weighted by atomic mass is 9.89.